The van der Waals surface area contributed by atoms with Crippen LogP contribution in [-0.4, -0.2) is 33.5 Å². The van der Waals surface area contributed by atoms with Crippen LogP contribution in [0, 0.1) is 5.82 Å². The van der Waals surface area contributed by atoms with E-state index in [4.69, 9.17) is 9.47 Å². The molecule has 1 N–H and O–H groups in total. The number of benzene rings is 3. The van der Waals surface area contributed by atoms with Crippen LogP contribution >= 0.6 is 11.8 Å². The highest BCUT2D eigenvalue weighted by Gasteiger charge is 2.21. The molecular weight excluding hydrogens is 467 g/mol. The average Bonchev–Trinajstić information content (AvgIpc) is 3.32. The molecule has 0 saturated heterocycles. The molecule has 0 spiro atoms. The van der Waals surface area contributed by atoms with E-state index < -0.39 is 6.10 Å². The lowest BCUT2D eigenvalue weighted by Gasteiger charge is -2.17. The van der Waals surface area contributed by atoms with Gasteiger partial charge >= 0.3 is 0 Å². The van der Waals surface area contributed by atoms with Gasteiger partial charge in [-0.05, 0) is 48.9 Å². The maximum atomic E-state index is 13.1. The van der Waals surface area contributed by atoms with Crippen molar-refractivity contribution in [3.8, 4) is 17.2 Å². The summed E-state index contributed by atoms with van der Waals surface area (Å²) in [6.07, 6.45) is -0.420. The van der Waals surface area contributed by atoms with Crippen molar-refractivity contribution in [2.75, 3.05) is 12.9 Å². The molecule has 1 aromatic heterocycles. The lowest BCUT2D eigenvalue weighted by Crippen LogP contribution is -2.24. The van der Waals surface area contributed by atoms with E-state index in [0.717, 1.165) is 11.3 Å². The van der Waals surface area contributed by atoms with Crippen LogP contribution in [0.15, 0.2) is 84.0 Å². The predicted molar refractivity (Wildman–Crippen MR) is 132 cm³/mol. The van der Waals surface area contributed by atoms with Gasteiger partial charge in [-0.25, -0.2) is 4.39 Å². The smallest absolute Gasteiger partial charge is 0.230 e. The first kappa shape index (κ1) is 24.3. The highest BCUT2D eigenvalue weighted by molar-refractivity contribution is 7.99. The van der Waals surface area contributed by atoms with Gasteiger partial charge < -0.3 is 14.8 Å². The highest BCUT2D eigenvalue weighted by Crippen LogP contribution is 2.29. The van der Waals surface area contributed by atoms with Crippen LogP contribution in [-0.2, 0) is 11.3 Å². The van der Waals surface area contributed by atoms with Crippen molar-refractivity contribution < 1.29 is 18.7 Å². The third kappa shape index (κ3) is 6.39. The van der Waals surface area contributed by atoms with E-state index in [1.54, 1.807) is 25.3 Å². The summed E-state index contributed by atoms with van der Waals surface area (Å²) in [5.41, 5.74) is 1.69. The average molecular weight is 493 g/mol. The van der Waals surface area contributed by atoms with Crippen molar-refractivity contribution in [2.45, 2.75) is 24.7 Å². The first-order valence-corrected chi connectivity index (χ1v) is 12.0. The summed E-state index contributed by atoms with van der Waals surface area (Å²) in [5, 5.41) is 12.1. The fourth-order valence-corrected chi connectivity index (χ4v) is 4.16. The van der Waals surface area contributed by atoms with Gasteiger partial charge in [0, 0.05) is 18.3 Å². The van der Waals surface area contributed by atoms with Gasteiger partial charge in [0.05, 0.1) is 12.9 Å². The zero-order valence-corrected chi connectivity index (χ0v) is 20.2. The van der Waals surface area contributed by atoms with Crippen molar-refractivity contribution in [3.63, 3.8) is 0 Å². The van der Waals surface area contributed by atoms with Crippen molar-refractivity contribution >= 4 is 17.7 Å². The van der Waals surface area contributed by atoms with E-state index in [1.807, 2.05) is 60.0 Å². The number of nitrogens with zero attached hydrogens (tertiary/aromatic N) is 3. The maximum Gasteiger partial charge on any atom is 0.230 e. The Hall–Kier alpha value is -3.85. The largest absolute Gasteiger partial charge is 0.497 e. The molecule has 3 aromatic carbocycles. The van der Waals surface area contributed by atoms with Crippen LogP contribution < -0.4 is 14.8 Å². The molecule has 0 bridgehead atoms. The van der Waals surface area contributed by atoms with Crippen LogP contribution in [0.1, 0.15) is 24.4 Å². The monoisotopic (exact) mass is 492 g/mol. The van der Waals surface area contributed by atoms with Crippen LogP contribution in [0.4, 0.5) is 4.39 Å². The van der Waals surface area contributed by atoms with Crippen molar-refractivity contribution in [1.29, 1.82) is 0 Å². The van der Waals surface area contributed by atoms with Gasteiger partial charge in [0.25, 0.3) is 0 Å². The Balaban J connectivity index is 1.48. The number of carbonyl (C=O) groups is 1. The number of methoxy groups -OCH3 is 1. The first-order valence-electron chi connectivity index (χ1n) is 11.0. The summed E-state index contributed by atoms with van der Waals surface area (Å²) in [7, 11) is 1.61. The Morgan fingerprint density at radius 1 is 1.03 bits per heavy atom. The lowest BCUT2D eigenvalue weighted by atomic mass is 10.2. The molecule has 180 valence electrons. The van der Waals surface area contributed by atoms with E-state index in [-0.39, 0.29) is 17.5 Å². The summed E-state index contributed by atoms with van der Waals surface area (Å²) in [5.74, 6) is 1.63. The third-order valence-corrected chi connectivity index (χ3v) is 6.05. The van der Waals surface area contributed by atoms with Gasteiger partial charge in [-0.2, -0.15) is 0 Å². The molecule has 9 heteroatoms. The van der Waals surface area contributed by atoms with Crippen molar-refractivity contribution in [2.24, 2.45) is 0 Å². The molecule has 1 atom stereocenters. The Morgan fingerprint density at radius 2 is 1.77 bits per heavy atom. The second kappa shape index (κ2) is 11.5. The number of amides is 1. The zero-order valence-electron chi connectivity index (χ0n) is 19.3. The number of hydrogen-bond donors (Lipinski definition) is 1. The topological polar surface area (TPSA) is 78.3 Å². The third-order valence-electron chi connectivity index (χ3n) is 5.13. The van der Waals surface area contributed by atoms with Gasteiger partial charge in [-0.1, -0.05) is 48.2 Å². The van der Waals surface area contributed by atoms with Gasteiger partial charge in [0.1, 0.15) is 17.3 Å². The number of hydrogen-bond acceptors (Lipinski definition) is 6. The molecular formula is C26H25FN4O3S. The number of thioether (sulfide) groups is 1. The molecule has 4 rings (SSSR count). The minimum Gasteiger partial charge on any atom is -0.497 e. The van der Waals surface area contributed by atoms with Crippen LogP contribution in [0.3, 0.4) is 0 Å². The molecule has 35 heavy (non-hydrogen) atoms. The van der Waals surface area contributed by atoms with Gasteiger partial charge in [-0.15, -0.1) is 10.2 Å². The highest BCUT2D eigenvalue weighted by atomic mass is 32.2. The normalized spacial score (nSPS) is 11.6. The van der Waals surface area contributed by atoms with E-state index in [1.165, 1.54) is 23.9 Å². The van der Waals surface area contributed by atoms with E-state index in [0.29, 0.717) is 29.0 Å². The molecule has 0 aliphatic rings. The number of aromatic nitrogens is 3. The number of halogens is 1. The number of para-hydroxylation sites is 1. The Kier molecular flexibility index (Phi) is 7.99. The number of nitrogens with one attached hydrogen (secondary N) is 1. The molecule has 1 amide bonds. The molecule has 0 radical (unpaired) electrons. The lowest BCUT2D eigenvalue weighted by molar-refractivity contribution is -0.118. The fraction of sp³-hybridized carbons (Fsp3) is 0.192. The quantitative estimate of drug-likeness (QED) is 0.315. The summed E-state index contributed by atoms with van der Waals surface area (Å²) >= 11 is 1.28. The molecule has 4 aromatic rings. The first-order chi connectivity index (χ1) is 17.0. The molecule has 1 heterocycles. The zero-order chi connectivity index (χ0) is 24.6. The summed E-state index contributed by atoms with van der Waals surface area (Å²) in [6.45, 7) is 2.22. The van der Waals surface area contributed by atoms with Gasteiger partial charge in [0.15, 0.2) is 17.1 Å². The summed E-state index contributed by atoms with van der Waals surface area (Å²) < 4.78 is 26.4. The number of ether oxygens (including phenoxy) is 2. The molecule has 0 aliphatic heterocycles. The van der Waals surface area contributed by atoms with Crippen molar-refractivity contribution in [1.82, 2.24) is 20.1 Å². The van der Waals surface area contributed by atoms with Crippen molar-refractivity contribution in [3.05, 3.63) is 96.1 Å². The molecule has 0 aliphatic carbocycles. The van der Waals surface area contributed by atoms with E-state index in [2.05, 4.69) is 15.5 Å². The minimum atomic E-state index is -0.420. The standard InChI is InChI=1S/C26H25FN4O3S/c1-18(34-23-10-6-9-22(15-23)33-2)25-29-30-26(31(25)21-7-4-3-5-8-21)35-17-24(32)28-16-19-11-13-20(27)14-12-19/h3-15,18H,16-17H2,1-2H3,(H,28,32). The maximum absolute atomic E-state index is 13.1. The van der Waals surface area contributed by atoms with E-state index in [9.17, 15) is 9.18 Å². The van der Waals surface area contributed by atoms with Gasteiger partial charge in [0.2, 0.25) is 5.91 Å². The summed E-state index contributed by atoms with van der Waals surface area (Å²) in [4.78, 5) is 12.4. The Morgan fingerprint density at radius 3 is 2.51 bits per heavy atom. The van der Waals surface area contributed by atoms with Crippen LogP contribution in [0.25, 0.3) is 5.69 Å². The molecule has 0 saturated carbocycles. The SMILES string of the molecule is COc1cccc(OC(C)c2nnc(SCC(=O)NCc3ccc(F)cc3)n2-c2ccccc2)c1. The van der Waals surface area contributed by atoms with Crippen LogP contribution in [0.5, 0.6) is 11.5 Å². The number of rotatable bonds is 10. The second-order valence-electron chi connectivity index (χ2n) is 7.64. The predicted octanol–water partition coefficient (Wildman–Crippen LogP) is 4.96. The van der Waals surface area contributed by atoms with E-state index >= 15 is 0 Å². The molecule has 1 unspecified atom stereocenters. The van der Waals surface area contributed by atoms with Crippen LogP contribution in [0.2, 0.25) is 0 Å². The molecule has 0 fully saturated rings. The minimum absolute atomic E-state index is 0.150. The Labute approximate surface area is 207 Å². The Bertz CT molecular complexity index is 1270. The van der Waals surface area contributed by atoms with Gasteiger partial charge in [-0.3, -0.25) is 9.36 Å². The summed E-state index contributed by atoms with van der Waals surface area (Å²) in [6, 6.07) is 23.1. The number of carbonyl (C=O) groups excluding carboxylic acids is 1. The second-order valence-corrected chi connectivity index (χ2v) is 8.59. The molecule has 7 nitrogen and oxygen atoms in total. The fourth-order valence-electron chi connectivity index (χ4n) is 3.37.